The lowest BCUT2D eigenvalue weighted by atomic mass is 10.4. The maximum Gasteiger partial charge on any atom is 0.418 e. The molecule has 0 aliphatic carbocycles. The summed E-state index contributed by atoms with van der Waals surface area (Å²) in [6.07, 6.45) is 1.27. The Kier molecular flexibility index (Phi) is 5.56. The minimum atomic E-state index is -2.46. The van der Waals surface area contributed by atoms with Gasteiger partial charge in [0.2, 0.25) is 0 Å². The van der Waals surface area contributed by atoms with E-state index in [1.54, 1.807) is 0 Å². The summed E-state index contributed by atoms with van der Waals surface area (Å²) in [5.41, 5.74) is 0. The molecule has 0 spiro atoms. The molecule has 0 bridgehead atoms. The molecule has 0 fully saturated rings. The molecule has 0 unspecified atom stereocenters. The molecule has 0 aliphatic rings. The zero-order chi connectivity index (χ0) is 9.56. The van der Waals surface area contributed by atoms with E-state index in [4.69, 9.17) is 9.05 Å². The molecular formula is C8H15O3P. The van der Waals surface area contributed by atoms with Gasteiger partial charge in [0.15, 0.2) is 0 Å². The third kappa shape index (κ3) is 5.03. The van der Waals surface area contributed by atoms with Gasteiger partial charge in [0.05, 0.1) is 11.5 Å². The minimum Gasteiger partial charge on any atom is -0.423 e. The number of hydrogen-bond acceptors (Lipinski definition) is 3. The molecule has 0 saturated carbocycles. The smallest absolute Gasteiger partial charge is 0.418 e. The molecule has 0 rings (SSSR count). The Bertz CT molecular complexity index is 178. The molecule has 0 N–H and O–H groups in total. The van der Waals surface area contributed by atoms with E-state index in [1.807, 2.05) is 13.8 Å². The molecule has 70 valence electrons. The molecular weight excluding hydrogens is 175 g/mol. The number of allylic oxidation sites excluding steroid dienone is 2. The maximum atomic E-state index is 11.0. The predicted molar refractivity (Wildman–Crippen MR) is 50.0 cm³/mol. The summed E-state index contributed by atoms with van der Waals surface area (Å²) in [5.74, 6) is 0.950. The average molecular weight is 190 g/mol. The standard InChI is InChI=1S/C8H15O3P/c1-5-7(3)10-12(9)11-8(4)6-2/h12H,3-6H2,1-2H3. The van der Waals surface area contributed by atoms with Crippen LogP contribution in [0, 0.1) is 0 Å². The Morgan fingerprint density at radius 2 is 1.50 bits per heavy atom. The van der Waals surface area contributed by atoms with Crippen molar-refractivity contribution in [3.63, 3.8) is 0 Å². The van der Waals surface area contributed by atoms with Crippen molar-refractivity contribution in [3.8, 4) is 0 Å². The highest BCUT2D eigenvalue weighted by Gasteiger charge is 2.02. The third-order valence-electron chi connectivity index (χ3n) is 1.24. The van der Waals surface area contributed by atoms with Gasteiger partial charge in [-0.25, -0.2) is 4.57 Å². The minimum absolute atomic E-state index is 0.475. The molecule has 0 aromatic heterocycles. The molecule has 12 heavy (non-hydrogen) atoms. The Balaban J connectivity index is 3.74. The highest BCUT2D eigenvalue weighted by Crippen LogP contribution is 2.31. The SMILES string of the molecule is C=C(CC)O[PH](=O)OC(=C)CC. The maximum absolute atomic E-state index is 11.0. The van der Waals surface area contributed by atoms with Crippen LogP contribution < -0.4 is 0 Å². The molecule has 0 heterocycles. The monoisotopic (exact) mass is 190 g/mol. The van der Waals surface area contributed by atoms with Crippen LogP contribution in [0.15, 0.2) is 24.7 Å². The van der Waals surface area contributed by atoms with Crippen molar-refractivity contribution >= 4 is 8.25 Å². The Hall–Kier alpha value is -0.690. The molecule has 0 radical (unpaired) electrons. The zero-order valence-corrected chi connectivity index (χ0v) is 8.55. The van der Waals surface area contributed by atoms with Gasteiger partial charge in [-0.15, -0.1) is 0 Å². The van der Waals surface area contributed by atoms with Gasteiger partial charge in [-0.1, -0.05) is 27.0 Å². The van der Waals surface area contributed by atoms with Gasteiger partial charge in [-0.2, -0.15) is 0 Å². The second kappa shape index (κ2) is 5.90. The summed E-state index contributed by atoms with van der Waals surface area (Å²) >= 11 is 0. The van der Waals surface area contributed by atoms with Gasteiger partial charge in [0, 0.05) is 12.8 Å². The molecule has 3 nitrogen and oxygen atoms in total. The van der Waals surface area contributed by atoms with Crippen LogP contribution in [0.2, 0.25) is 0 Å². The predicted octanol–water partition coefficient (Wildman–Crippen LogP) is 3.26. The fraction of sp³-hybridized carbons (Fsp3) is 0.500. The largest absolute Gasteiger partial charge is 0.423 e. The van der Waals surface area contributed by atoms with E-state index < -0.39 is 8.25 Å². The van der Waals surface area contributed by atoms with E-state index in [0.717, 1.165) is 0 Å². The Morgan fingerprint density at radius 3 is 1.75 bits per heavy atom. The van der Waals surface area contributed by atoms with Gasteiger partial charge in [0.1, 0.15) is 0 Å². The first kappa shape index (κ1) is 11.3. The van der Waals surface area contributed by atoms with E-state index >= 15 is 0 Å². The van der Waals surface area contributed by atoms with Crippen LogP contribution in [-0.4, -0.2) is 0 Å². The lowest BCUT2D eigenvalue weighted by Crippen LogP contribution is -1.84. The average Bonchev–Trinajstić information content (AvgIpc) is 2.03. The summed E-state index contributed by atoms with van der Waals surface area (Å²) in [4.78, 5) is 0. The van der Waals surface area contributed by atoms with Crippen molar-refractivity contribution < 1.29 is 13.6 Å². The molecule has 0 amide bonds. The van der Waals surface area contributed by atoms with Crippen molar-refractivity contribution in [2.45, 2.75) is 26.7 Å². The Labute approximate surface area is 74.0 Å². The first-order valence-corrected chi connectivity index (χ1v) is 5.07. The van der Waals surface area contributed by atoms with Gasteiger partial charge >= 0.3 is 8.25 Å². The lowest BCUT2D eigenvalue weighted by Gasteiger charge is -2.08. The van der Waals surface area contributed by atoms with Crippen LogP contribution in [0.25, 0.3) is 0 Å². The van der Waals surface area contributed by atoms with Crippen LogP contribution in [-0.2, 0) is 13.6 Å². The normalized spacial score (nSPS) is 9.58. The highest BCUT2D eigenvalue weighted by molar-refractivity contribution is 7.33. The van der Waals surface area contributed by atoms with Gasteiger partial charge in [-0.3, -0.25) is 0 Å². The molecule has 0 aliphatic heterocycles. The third-order valence-corrected chi connectivity index (χ3v) is 2.15. The number of hydrogen-bond donors (Lipinski definition) is 0. The van der Waals surface area contributed by atoms with Crippen LogP contribution in [0.1, 0.15) is 26.7 Å². The van der Waals surface area contributed by atoms with Crippen LogP contribution in [0.5, 0.6) is 0 Å². The first-order valence-electron chi connectivity index (χ1n) is 3.85. The summed E-state index contributed by atoms with van der Waals surface area (Å²) in [6, 6.07) is 0. The van der Waals surface area contributed by atoms with E-state index in [2.05, 4.69) is 13.2 Å². The second-order valence-corrected chi connectivity index (χ2v) is 3.15. The van der Waals surface area contributed by atoms with Crippen LogP contribution >= 0.6 is 8.25 Å². The molecule has 0 aromatic carbocycles. The van der Waals surface area contributed by atoms with Crippen LogP contribution in [0.4, 0.5) is 0 Å². The highest BCUT2D eigenvalue weighted by atomic mass is 31.1. The van der Waals surface area contributed by atoms with E-state index in [0.29, 0.717) is 24.4 Å². The van der Waals surface area contributed by atoms with E-state index in [-0.39, 0.29) is 0 Å². The van der Waals surface area contributed by atoms with Gasteiger partial charge in [0.25, 0.3) is 0 Å². The van der Waals surface area contributed by atoms with Crippen molar-refractivity contribution in [1.29, 1.82) is 0 Å². The molecule has 4 heteroatoms. The summed E-state index contributed by atoms with van der Waals surface area (Å²) < 4.78 is 20.7. The molecule has 0 saturated heterocycles. The first-order chi connectivity index (χ1) is 5.60. The van der Waals surface area contributed by atoms with Crippen molar-refractivity contribution in [3.05, 3.63) is 24.7 Å². The van der Waals surface area contributed by atoms with Crippen molar-refractivity contribution in [2.24, 2.45) is 0 Å². The fourth-order valence-corrected chi connectivity index (χ4v) is 1.20. The summed E-state index contributed by atoms with van der Waals surface area (Å²) in [7, 11) is -2.46. The van der Waals surface area contributed by atoms with Crippen LogP contribution in [0.3, 0.4) is 0 Å². The van der Waals surface area contributed by atoms with Gasteiger partial charge in [-0.05, 0) is 0 Å². The molecule has 0 atom stereocenters. The molecule has 0 aromatic rings. The summed E-state index contributed by atoms with van der Waals surface area (Å²) in [6.45, 7) is 10.8. The van der Waals surface area contributed by atoms with E-state index in [1.165, 1.54) is 0 Å². The van der Waals surface area contributed by atoms with Gasteiger partial charge < -0.3 is 9.05 Å². The Morgan fingerprint density at radius 1 is 1.17 bits per heavy atom. The lowest BCUT2D eigenvalue weighted by molar-refractivity contribution is 0.306. The zero-order valence-electron chi connectivity index (χ0n) is 7.55. The van der Waals surface area contributed by atoms with E-state index in [9.17, 15) is 4.57 Å². The topological polar surface area (TPSA) is 35.5 Å². The fourth-order valence-electron chi connectivity index (χ4n) is 0.401. The summed E-state index contributed by atoms with van der Waals surface area (Å²) in [5, 5.41) is 0. The number of rotatable bonds is 6. The quantitative estimate of drug-likeness (QED) is 0.476. The second-order valence-electron chi connectivity index (χ2n) is 2.24. The van der Waals surface area contributed by atoms with Crippen molar-refractivity contribution in [1.82, 2.24) is 0 Å². The van der Waals surface area contributed by atoms with Crippen molar-refractivity contribution in [2.75, 3.05) is 0 Å².